The van der Waals surface area contributed by atoms with Crippen molar-refractivity contribution in [3.05, 3.63) is 40.6 Å². The van der Waals surface area contributed by atoms with Crippen molar-refractivity contribution in [3.8, 4) is 11.4 Å². The number of aromatic nitrogens is 2. The van der Waals surface area contributed by atoms with Crippen LogP contribution in [0.15, 0.2) is 30.6 Å². The van der Waals surface area contributed by atoms with Crippen LogP contribution in [0.25, 0.3) is 11.4 Å². The second-order valence-corrected chi connectivity index (χ2v) is 8.31. The molecule has 0 saturated carbocycles. The minimum atomic E-state index is -2.88. The van der Waals surface area contributed by atoms with E-state index in [1.165, 1.54) is 0 Å². The first-order valence-electron chi connectivity index (χ1n) is 6.65. The van der Waals surface area contributed by atoms with Gasteiger partial charge in [0, 0.05) is 29.0 Å². The fourth-order valence-corrected chi connectivity index (χ4v) is 4.48. The zero-order chi connectivity index (χ0) is 15.0. The average molecular weight is 345 g/mol. The molecule has 21 heavy (non-hydrogen) atoms. The van der Waals surface area contributed by atoms with Gasteiger partial charge in [0.15, 0.2) is 0 Å². The Morgan fingerprint density at radius 1 is 1.19 bits per heavy atom. The summed E-state index contributed by atoms with van der Waals surface area (Å²) in [6.07, 6.45) is 4.78. The summed E-state index contributed by atoms with van der Waals surface area (Å²) in [5, 5.41) is 1.17. The maximum absolute atomic E-state index is 11.6. The van der Waals surface area contributed by atoms with Crippen LogP contribution in [-0.2, 0) is 9.84 Å². The Kier molecular flexibility index (Phi) is 3.99. The molecule has 7 heteroatoms. The number of hydrogen-bond donors (Lipinski definition) is 0. The third kappa shape index (κ3) is 3.10. The number of imidazole rings is 1. The van der Waals surface area contributed by atoms with Crippen molar-refractivity contribution in [2.45, 2.75) is 18.9 Å². The molecule has 1 aliphatic heterocycles. The molecular weight excluding hydrogens is 331 g/mol. The second kappa shape index (κ2) is 5.63. The number of hydrogen-bond acceptors (Lipinski definition) is 3. The molecule has 2 heterocycles. The lowest BCUT2D eigenvalue weighted by Gasteiger charge is -2.25. The number of rotatable bonds is 2. The lowest BCUT2D eigenvalue weighted by molar-refractivity contribution is 0.453. The van der Waals surface area contributed by atoms with E-state index in [4.69, 9.17) is 23.2 Å². The van der Waals surface area contributed by atoms with Gasteiger partial charge in [-0.05, 0) is 31.0 Å². The van der Waals surface area contributed by atoms with Crippen LogP contribution < -0.4 is 0 Å². The van der Waals surface area contributed by atoms with Crippen LogP contribution >= 0.6 is 23.2 Å². The summed E-state index contributed by atoms with van der Waals surface area (Å²) in [6, 6.07) is 5.38. The highest BCUT2D eigenvalue weighted by molar-refractivity contribution is 7.91. The van der Waals surface area contributed by atoms with Crippen molar-refractivity contribution in [3.63, 3.8) is 0 Å². The summed E-state index contributed by atoms with van der Waals surface area (Å²) < 4.78 is 25.1. The lowest BCUT2D eigenvalue weighted by atomic mass is 10.1. The van der Waals surface area contributed by atoms with Crippen LogP contribution in [0.3, 0.4) is 0 Å². The van der Waals surface area contributed by atoms with E-state index in [1.807, 2.05) is 10.8 Å². The quantitative estimate of drug-likeness (QED) is 0.836. The van der Waals surface area contributed by atoms with Crippen molar-refractivity contribution in [2.75, 3.05) is 11.5 Å². The molecule has 0 unspecified atom stereocenters. The molecule has 1 aromatic heterocycles. The Hall–Kier alpha value is -1.04. The van der Waals surface area contributed by atoms with Gasteiger partial charge in [-0.25, -0.2) is 13.4 Å². The predicted octanol–water partition coefficient (Wildman–Crippen LogP) is 3.61. The summed E-state index contributed by atoms with van der Waals surface area (Å²) in [6.45, 7) is 0. The van der Waals surface area contributed by atoms with Crippen molar-refractivity contribution < 1.29 is 8.42 Å². The van der Waals surface area contributed by atoms with Crippen LogP contribution in [0.1, 0.15) is 18.9 Å². The Balaban J connectivity index is 1.96. The van der Waals surface area contributed by atoms with Gasteiger partial charge in [0.2, 0.25) is 0 Å². The smallest absolute Gasteiger partial charge is 0.150 e. The molecule has 2 aromatic rings. The van der Waals surface area contributed by atoms with Gasteiger partial charge in [0.25, 0.3) is 0 Å². The maximum atomic E-state index is 11.6. The topological polar surface area (TPSA) is 52.0 Å². The molecule has 0 atom stereocenters. The van der Waals surface area contributed by atoms with Gasteiger partial charge >= 0.3 is 0 Å². The highest BCUT2D eigenvalue weighted by Gasteiger charge is 2.26. The van der Waals surface area contributed by atoms with Gasteiger partial charge < -0.3 is 4.57 Å². The molecule has 1 fully saturated rings. The van der Waals surface area contributed by atoms with Gasteiger partial charge in [0.1, 0.15) is 15.7 Å². The first-order valence-corrected chi connectivity index (χ1v) is 9.23. The van der Waals surface area contributed by atoms with Gasteiger partial charge in [0.05, 0.1) is 16.5 Å². The Labute approximate surface area is 133 Å². The van der Waals surface area contributed by atoms with Gasteiger partial charge in [-0.2, -0.15) is 0 Å². The highest BCUT2D eigenvalue weighted by Crippen LogP contribution is 2.33. The lowest BCUT2D eigenvalue weighted by Crippen LogP contribution is -2.25. The SMILES string of the molecule is O=S1(=O)CCC(n2ccnc2-c2cc(Cl)ccc2Cl)CC1. The first kappa shape index (κ1) is 14.9. The highest BCUT2D eigenvalue weighted by atomic mass is 35.5. The molecule has 1 aliphatic rings. The van der Waals surface area contributed by atoms with E-state index in [1.54, 1.807) is 24.4 Å². The average Bonchev–Trinajstić information content (AvgIpc) is 2.90. The summed E-state index contributed by atoms with van der Waals surface area (Å²) in [5.74, 6) is 1.17. The molecule has 3 rings (SSSR count). The van der Waals surface area contributed by atoms with Crippen LogP contribution in [0.2, 0.25) is 10.0 Å². The number of sulfone groups is 1. The summed E-state index contributed by atoms with van der Waals surface area (Å²) in [4.78, 5) is 4.37. The molecule has 0 radical (unpaired) electrons. The molecular formula is C14H14Cl2N2O2S. The van der Waals surface area contributed by atoms with E-state index in [-0.39, 0.29) is 17.5 Å². The molecule has 1 saturated heterocycles. The number of benzene rings is 1. The first-order chi connectivity index (χ1) is 9.96. The van der Waals surface area contributed by atoms with Crippen molar-refractivity contribution in [2.24, 2.45) is 0 Å². The molecule has 0 bridgehead atoms. The zero-order valence-electron chi connectivity index (χ0n) is 11.2. The van der Waals surface area contributed by atoms with Crippen LogP contribution in [0.4, 0.5) is 0 Å². The van der Waals surface area contributed by atoms with E-state index in [0.717, 1.165) is 11.4 Å². The van der Waals surface area contributed by atoms with Gasteiger partial charge in [-0.1, -0.05) is 23.2 Å². The predicted molar refractivity (Wildman–Crippen MR) is 84.6 cm³/mol. The largest absolute Gasteiger partial charge is 0.328 e. The molecule has 4 nitrogen and oxygen atoms in total. The molecule has 112 valence electrons. The Morgan fingerprint density at radius 2 is 1.90 bits per heavy atom. The molecule has 0 aliphatic carbocycles. The van der Waals surface area contributed by atoms with Crippen LogP contribution in [0, 0.1) is 0 Å². The summed E-state index contributed by atoms with van der Waals surface area (Å²) >= 11 is 12.3. The summed E-state index contributed by atoms with van der Waals surface area (Å²) in [7, 11) is -2.88. The van der Waals surface area contributed by atoms with E-state index in [9.17, 15) is 8.42 Å². The minimum Gasteiger partial charge on any atom is -0.328 e. The maximum Gasteiger partial charge on any atom is 0.150 e. The molecule has 0 N–H and O–H groups in total. The molecule has 0 spiro atoms. The Bertz CT molecular complexity index is 757. The van der Waals surface area contributed by atoms with Crippen LogP contribution in [-0.4, -0.2) is 29.5 Å². The number of halogens is 2. The van der Waals surface area contributed by atoms with E-state index < -0.39 is 9.84 Å². The van der Waals surface area contributed by atoms with Gasteiger partial charge in [-0.3, -0.25) is 0 Å². The third-order valence-electron chi connectivity index (χ3n) is 3.76. The standard InChI is InChI=1S/C14H14Cl2N2O2S/c15-10-1-2-13(16)12(9-10)14-17-5-6-18(14)11-3-7-21(19,20)8-4-11/h1-2,5-6,9,11H,3-4,7-8H2. The zero-order valence-corrected chi connectivity index (χ0v) is 13.5. The number of nitrogens with zero attached hydrogens (tertiary/aromatic N) is 2. The molecule has 0 amide bonds. The van der Waals surface area contributed by atoms with Gasteiger partial charge in [-0.15, -0.1) is 0 Å². The molecule has 1 aromatic carbocycles. The monoisotopic (exact) mass is 344 g/mol. The van der Waals surface area contributed by atoms with Crippen molar-refractivity contribution >= 4 is 33.0 Å². The van der Waals surface area contributed by atoms with E-state index in [0.29, 0.717) is 22.9 Å². The van der Waals surface area contributed by atoms with Crippen LogP contribution in [0.5, 0.6) is 0 Å². The fourth-order valence-electron chi connectivity index (χ4n) is 2.64. The van der Waals surface area contributed by atoms with Crippen molar-refractivity contribution in [1.82, 2.24) is 9.55 Å². The van der Waals surface area contributed by atoms with E-state index in [2.05, 4.69) is 4.98 Å². The fraction of sp³-hybridized carbons (Fsp3) is 0.357. The Morgan fingerprint density at radius 3 is 2.62 bits per heavy atom. The normalized spacial score (nSPS) is 18.8. The third-order valence-corrected chi connectivity index (χ3v) is 6.04. The second-order valence-electron chi connectivity index (χ2n) is 5.17. The minimum absolute atomic E-state index is 0.126. The summed E-state index contributed by atoms with van der Waals surface area (Å²) in [5.41, 5.74) is 0.766. The van der Waals surface area contributed by atoms with Crippen molar-refractivity contribution in [1.29, 1.82) is 0 Å². The van der Waals surface area contributed by atoms with E-state index >= 15 is 0 Å².